The molecule has 0 radical (unpaired) electrons. The minimum Gasteiger partial charge on any atom is -0.481 e. The summed E-state index contributed by atoms with van der Waals surface area (Å²) in [6.07, 6.45) is 2.83. The van der Waals surface area contributed by atoms with Gasteiger partial charge in [-0.3, -0.25) is 9.78 Å². The van der Waals surface area contributed by atoms with Gasteiger partial charge in [-0.25, -0.2) is 8.78 Å². The van der Waals surface area contributed by atoms with Crippen molar-refractivity contribution in [2.45, 2.75) is 12.8 Å². The first-order chi connectivity index (χ1) is 9.54. The molecule has 1 heterocycles. The van der Waals surface area contributed by atoms with Crippen LogP contribution in [0.25, 0.3) is 0 Å². The topological polar surface area (TPSA) is 50.2 Å². The van der Waals surface area contributed by atoms with Crippen molar-refractivity contribution in [2.75, 3.05) is 0 Å². The zero-order valence-corrected chi connectivity index (χ0v) is 10.6. The van der Waals surface area contributed by atoms with Crippen molar-refractivity contribution in [1.29, 1.82) is 0 Å². The molecule has 0 fully saturated rings. The van der Waals surface area contributed by atoms with Gasteiger partial charge < -0.3 is 5.11 Å². The molecule has 1 unspecified atom stereocenters. The van der Waals surface area contributed by atoms with E-state index in [2.05, 4.69) is 4.98 Å². The third-order valence-corrected chi connectivity index (χ3v) is 2.96. The molecule has 1 atom stereocenters. The number of carbonyl (C=O) groups is 1. The average molecular weight is 277 g/mol. The molecule has 3 nitrogen and oxygen atoms in total. The highest BCUT2D eigenvalue weighted by Gasteiger charge is 2.19. The first-order valence-electron chi connectivity index (χ1n) is 6.11. The van der Waals surface area contributed by atoms with E-state index in [0.717, 1.165) is 6.20 Å². The summed E-state index contributed by atoms with van der Waals surface area (Å²) in [5.74, 6) is -2.66. The van der Waals surface area contributed by atoms with Crippen LogP contribution in [0.2, 0.25) is 0 Å². The van der Waals surface area contributed by atoms with Gasteiger partial charge in [0.25, 0.3) is 0 Å². The number of aromatic nitrogens is 1. The minimum atomic E-state index is -1.00. The van der Waals surface area contributed by atoms with Crippen LogP contribution in [0.4, 0.5) is 8.78 Å². The van der Waals surface area contributed by atoms with E-state index in [9.17, 15) is 18.7 Å². The maximum Gasteiger partial charge on any atom is 0.307 e. The van der Waals surface area contributed by atoms with Crippen molar-refractivity contribution < 1.29 is 18.7 Å². The number of aliphatic carboxylic acids is 1. The molecule has 0 aliphatic carbocycles. The molecule has 0 bridgehead atoms. The Labute approximate surface area is 114 Å². The molecule has 2 rings (SSSR count). The average Bonchev–Trinajstić information content (AvgIpc) is 2.38. The Morgan fingerprint density at radius 3 is 2.45 bits per heavy atom. The minimum absolute atomic E-state index is 0.149. The van der Waals surface area contributed by atoms with E-state index in [4.69, 9.17) is 0 Å². The highest BCUT2D eigenvalue weighted by atomic mass is 19.1. The van der Waals surface area contributed by atoms with Gasteiger partial charge in [0.1, 0.15) is 11.6 Å². The molecule has 1 aromatic heterocycles. The van der Waals surface area contributed by atoms with Gasteiger partial charge in [0.2, 0.25) is 0 Å². The van der Waals surface area contributed by atoms with Gasteiger partial charge in [0.05, 0.1) is 12.1 Å². The summed E-state index contributed by atoms with van der Waals surface area (Å²) in [4.78, 5) is 15.0. The summed E-state index contributed by atoms with van der Waals surface area (Å²) in [5.41, 5.74) is 1.11. The summed E-state index contributed by atoms with van der Waals surface area (Å²) in [5, 5.41) is 9.23. The van der Waals surface area contributed by atoms with Crippen molar-refractivity contribution in [3.8, 4) is 0 Å². The number of carboxylic acids is 1. The van der Waals surface area contributed by atoms with Crippen LogP contribution in [0.3, 0.4) is 0 Å². The fourth-order valence-electron chi connectivity index (χ4n) is 2.05. The molecule has 5 heteroatoms. The number of hydrogen-bond acceptors (Lipinski definition) is 2. The van der Waals surface area contributed by atoms with Crippen LogP contribution in [-0.4, -0.2) is 16.1 Å². The Hall–Kier alpha value is -2.30. The lowest BCUT2D eigenvalue weighted by Gasteiger charge is -2.12. The Balaban J connectivity index is 2.13. The molecule has 1 aromatic carbocycles. The Morgan fingerprint density at radius 1 is 1.10 bits per heavy atom. The lowest BCUT2D eigenvalue weighted by Crippen LogP contribution is -2.19. The predicted octanol–water partition coefficient (Wildman–Crippen LogP) is 2.85. The molecular weight excluding hydrogens is 264 g/mol. The van der Waals surface area contributed by atoms with Crippen molar-refractivity contribution in [1.82, 2.24) is 4.98 Å². The highest BCUT2D eigenvalue weighted by Crippen LogP contribution is 2.16. The molecule has 0 aliphatic rings. The van der Waals surface area contributed by atoms with Gasteiger partial charge >= 0.3 is 5.97 Å². The van der Waals surface area contributed by atoms with Crippen molar-refractivity contribution in [3.63, 3.8) is 0 Å². The van der Waals surface area contributed by atoms with Crippen LogP contribution in [0.1, 0.15) is 11.1 Å². The maximum absolute atomic E-state index is 13.1. The van der Waals surface area contributed by atoms with E-state index in [1.807, 2.05) is 0 Å². The van der Waals surface area contributed by atoms with E-state index >= 15 is 0 Å². The van der Waals surface area contributed by atoms with Gasteiger partial charge in [-0.05, 0) is 42.2 Å². The fourth-order valence-corrected chi connectivity index (χ4v) is 2.05. The summed E-state index contributed by atoms with van der Waals surface area (Å²) >= 11 is 0. The Bertz CT molecular complexity index is 569. The molecule has 104 valence electrons. The van der Waals surface area contributed by atoms with Gasteiger partial charge in [0.15, 0.2) is 0 Å². The number of nitrogens with zero attached hydrogens (tertiary/aromatic N) is 1. The molecule has 0 amide bonds. The number of benzene rings is 1. The van der Waals surface area contributed by atoms with Crippen LogP contribution in [-0.2, 0) is 17.6 Å². The highest BCUT2D eigenvalue weighted by molar-refractivity contribution is 5.70. The van der Waals surface area contributed by atoms with Crippen molar-refractivity contribution >= 4 is 5.97 Å². The Kier molecular flexibility index (Phi) is 4.40. The fraction of sp³-hybridized carbons (Fsp3) is 0.200. The zero-order valence-electron chi connectivity index (χ0n) is 10.6. The SMILES string of the molecule is O=C(O)C(Cc1cccc(F)c1)Cc1cncc(F)c1. The molecule has 0 saturated heterocycles. The maximum atomic E-state index is 13.1. The summed E-state index contributed by atoms with van der Waals surface area (Å²) in [6, 6.07) is 7.07. The summed E-state index contributed by atoms with van der Waals surface area (Å²) in [6.45, 7) is 0. The van der Waals surface area contributed by atoms with Crippen LogP contribution in [0.15, 0.2) is 42.7 Å². The lowest BCUT2D eigenvalue weighted by atomic mass is 9.93. The third-order valence-electron chi connectivity index (χ3n) is 2.96. The number of carboxylic acid groups (broad SMARTS) is 1. The second-order valence-electron chi connectivity index (χ2n) is 4.58. The molecule has 1 N–H and O–H groups in total. The molecular formula is C15H13F2NO2. The number of pyridine rings is 1. The van der Waals surface area contributed by atoms with Crippen molar-refractivity contribution in [3.05, 3.63) is 65.5 Å². The monoisotopic (exact) mass is 277 g/mol. The normalized spacial score (nSPS) is 12.1. The van der Waals surface area contributed by atoms with Gasteiger partial charge in [0, 0.05) is 6.20 Å². The van der Waals surface area contributed by atoms with Crippen LogP contribution in [0, 0.1) is 17.6 Å². The third kappa shape index (κ3) is 3.85. The van der Waals surface area contributed by atoms with E-state index in [1.54, 1.807) is 6.07 Å². The van der Waals surface area contributed by atoms with Gasteiger partial charge in [-0.2, -0.15) is 0 Å². The molecule has 0 aliphatic heterocycles. The van der Waals surface area contributed by atoms with Crippen LogP contribution >= 0.6 is 0 Å². The van der Waals surface area contributed by atoms with E-state index < -0.39 is 23.5 Å². The molecule has 2 aromatic rings. The van der Waals surface area contributed by atoms with E-state index in [-0.39, 0.29) is 12.8 Å². The van der Waals surface area contributed by atoms with Crippen LogP contribution < -0.4 is 0 Å². The number of hydrogen-bond donors (Lipinski definition) is 1. The molecule has 0 saturated carbocycles. The molecule has 0 spiro atoms. The van der Waals surface area contributed by atoms with E-state index in [0.29, 0.717) is 11.1 Å². The largest absolute Gasteiger partial charge is 0.481 e. The van der Waals surface area contributed by atoms with E-state index in [1.165, 1.54) is 30.5 Å². The Morgan fingerprint density at radius 2 is 1.80 bits per heavy atom. The predicted molar refractivity (Wildman–Crippen MR) is 69.1 cm³/mol. The van der Waals surface area contributed by atoms with Crippen molar-refractivity contribution in [2.24, 2.45) is 5.92 Å². The lowest BCUT2D eigenvalue weighted by molar-refractivity contribution is -0.141. The summed E-state index contributed by atoms with van der Waals surface area (Å²) < 4.78 is 26.1. The quantitative estimate of drug-likeness (QED) is 0.914. The summed E-state index contributed by atoms with van der Waals surface area (Å²) in [7, 11) is 0. The standard InChI is InChI=1S/C15H13F2NO2/c16-13-3-1-2-10(6-13)4-12(15(19)20)5-11-7-14(17)9-18-8-11/h1-3,6-9,12H,4-5H2,(H,19,20). The van der Waals surface area contributed by atoms with Crippen LogP contribution in [0.5, 0.6) is 0 Å². The van der Waals surface area contributed by atoms with Gasteiger partial charge in [-0.1, -0.05) is 12.1 Å². The second kappa shape index (κ2) is 6.23. The number of halogens is 2. The first kappa shape index (κ1) is 14.1. The smallest absolute Gasteiger partial charge is 0.307 e. The first-order valence-corrected chi connectivity index (χ1v) is 6.11. The number of rotatable bonds is 5. The van der Waals surface area contributed by atoms with Gasteiger partial charge in [-0.15, -0.1) is 0 Å². The molecule has 20 heavy (non-hydrogen) atoms. The second-order valence-corrected chi connectivity index (χ2v) is 4.58. The zero-order chi connectivity index (χ0) is 14.5.